The van der Waals surface area contributed by atoms with Crippen molar-refractivity contribution >= 4 is 11.8 Å². The van der Waals surface area contributed by atoms with Crippen LogP contribution in [0.25, 0.3) is 0 Å². The van der Waals surface area contributed by atoms with E-state index in [2.05, 4.69) is 9.80 Å². The number of hydrogen-bond acceptors (Lipinski definition) is 4. The SMILES string of the molecule is CCN(Oc1ccc2c(c1)CCN([C@@H]1CCN(C3CCC3)C1)C2=O)C(=O)c1ccccc1. The molecule has 32 heavy (non-hydrogen) atoms. The van der Waals surface area contributed by atoms with E-state index in [4.69, 9.17) is 4.84 Å². The zero-order valence-corrected chi connectivity index (χ0v) is 18.7. The zero-order valence-electron chi connectivity index (χ0n) is 18.7. The Bertz CT molecular complexity index is 989. The van der Waals surface area contributed by atoms with Gasteiger partial charge < -0.3 is 9.74 Å². The lowest BCUT2D eigenvalue weighted by Gasteiger charge is -2.37. The second kappa shape index (κ2) is 8.94. The third-order valence-corrected chi connectivity index (χ3v) is 7.17. The average Bonchev–Trinajstić information content (AvgIpc) is 3.25. The van der Waals surface area contributed by atoms with Gasteiger partial charge in [0.15, 0.2) is 5.75 Å². The molecule has 6 nitrogen and oxygen atoms in total. The van der Waals surface area contributed by atoms with E-state index >= 15 is 0 Å². The first kappa shape index (κ1) is 21.0. The van der Waals surface area contributed by atoms with Crippen molar-refractivity contribution in [3.05, 3.63) is 65.2 Å². The zero-order chi connectivity index (χ0) is 22.1. The molecule has 1 saturated heterocycles. The maximum Gasteiger partial charge on any atom is 0.286 e. The van der Waals surface area contributed by atoms with Gasteiger partial charge in [-0.2, -0.15) is 5.06 Å². The number of benzene rings is 2. The summed E-state index contributed by atoms with van der Waals surface area (Å²) in [7, 11) is 0. The molecule has 5 rings (SSSR count). The predicted octanol–water partition coefficient (Wildman–Crippen LogP) is 3.77. The molecule has 168 valence electrons. The highest BCUT2D eigenvalue weighted by molar-refractivity contribution is 5.97. The fraction of sp³-hybridized carbons (Fsp3) is 0.462. The lowest BCUT2D eigenvalue weighted by Crippen LogP contribution is -2.47. The van der Waals surface area contributed by atoms with Crippen molar-refractivity contribution in [2.45, 2.75) is 51.1 Å². The number of likely N-dealkylation sites (tertiary alicyclic amines) is 1. The van der Waals surface area contributed by atoms with Gasteiger partial charge in [0.25, 0.3) is 11.8 Å². The first-order valence-corrected chi connectivity index (χ1v) is 11.9. The number of hydrogen-bond donors (Lipinski definition) is 0. The van der Waals surface area contributed by atoms with Gasteiger partial charge in [-0.15, -0.1) is 0 Å². The Balaban J connectivity index is 1.26. The van der Waals surface area contributed by atoms with Crippen LogP contribution in [0.2, 0.25) is 0 Å². The molecular weight excluding hydrogens is 402 g/mol. The fourth-order valence-electron chi connectivity index (χ4n) is 5.10. The van der Waals surface area contributed by atoms with Gasteiger partial charge in [0.1, 0.15) is 0 Å². The van der Waals surface area contributed by atoms with Crippen LogP contribution in [0.4, 0.5) is 0 Å². The molecule has 2 aromatic carbocycles. The van der Waals surface area contributed by atoms with Crippen molar-refractivity contribution in [1.82, 2.24) is 14.9 Å². The Morgan fingerprint density at radius 1 is 1.06 bits per heavy atom. The van der Waals surface area contributed by atoms with Crippen LogP contribution in [0.1, 0.15) is 58.9 Å². The van der Waals surface area contributed by atoms with Crippen LogP contribution >= 0.6 is 0 Å². The summed E-state index contributed by atoms with van der Waals surface area (Å²) in [6.45, 7) is 5.19. The summed E-state index contributed by atoms with van der Waals surface area (Å²) in [5.41, 5.74) is 2.36. The lowest BCUT2D eigenvalue weighted by molar-refractivity contribution is -0.0294. The van der Waals surface area contributed by atoms with Crippen LogP contribution in [0, 0.1) is 0 Å². The molecule has 0 unspecified atom stereocenters. The number of hydroxylamine groups is 2. The summed E-state index contributed by atoms with van der Waals surface area (Å²) < 4.78 is 0. The molecule has 2 aromatic rings. The third-order valence-electron chi connectivity index (χ3n) is 7.17. The number of rotatable bonds is 6. The minimum absolute atomic E-state index is 0.131. The molecule has 0 bridgehead atoms. The van der Waals surface area contributed by atoms with E-state index in [-0.39, 0.29) is 11.8 Å². The van der Waals surface area contributed by atoms with Gasteiger partial charge in [0.05, 0.1) is 6.54 Å². The smallest absolute Gasteiger partial charge is 0.286 e. The normalized spacial score (nSPS) is 21.2. The monoisotopic (exact) mass is 433 g/mol. The predicted molar refractivity (Wildman–Crippen MR) is 123 cm³/mol. The highest BCUT2D eigenvalue weighted by Crippen LogP contribution is 2.32. The maximum absolute atomic E-state index is 13.2. The second-order valence-corrected chi connectivity index (χ2v) is 9.05. The van der Waals surface area contributed by atoms with Gasteiger partial charge in [-0.1, -0.05) is 24.6 Å². The molecule has 1 atom stereocenters. The van der Waals surface area contributed by atoms with Gasteiger partial charge in [-0.25, -0.2) is 0 Å². The molecule has 6 heteroatoms. The summed E-state index contributed by atoms with van der Waals surface area (Å²) in [5.74, 6) is 0.546. The molecule has 1 aliphatic carbocycles. The number of nitrogens with zero attached hydrogens (tertiary/aromatic N) is 3. The van der Waals surface area contributed by atoms with Gasteiger partial charge in [-0.05, 0) is 68.5 Å². The molecule has 2 aliphatic heterocycles. The van der Waals surface area contributed by atoms with E-state index in [0.29, 0.717) is 23.9 Å². The Hall–Kier alpha value is -2.86. The van der Waals surface area contributed by atoms with Gasteiger partial charge in [0, 0.05) is 42.8 Å². The van der Waals surface area contributed by atoms with Crippen LogP contribution in [-0.2, 0) is 6.42 Å². The van der Waals surface area contributed by atoms with E-state index in [1.54, 1.807) is 18.2 Å². The summed E-state index contributed by atoms with van der Waals surface area (Å²) >= 11 is 0. The Morgan fingerprint density at radius 3 is 2.59 bits per heavy atom. The largest absolute Gasteiger partial charge is 0.377 e. The Kier molecular flexibility index (Phi) is 5.87. The summed E-state index contributed by atoms with van der Waals surface area (Å²) in [5, 5.41) is 1.36. The third kappa shape index (κ3) is 3.99. The first-order valence-electron chi connectivity index (χ1n) is 11.9. The molecular formula is C26H31N3O3. The van der Waals surface area contributed by atoms with Crippen LogP contribution < -0.4 is 4.84 Å². The van der Waals surface area contributed by atoms with Crippen LogP contribution in [0.15, 0.2) is 48.5 Å². The van der Waals surface area contributed by atoms with Crippen molar-refractivity contribution in [2.24, 2.45) is 0 Å². The molecule has 2 fully saturated rings. The maximum atomic E-state index is 13.2. The topological polar surface area (TPSA) is 53.1 Å². The molecule has 2 amide bonds. The van der Waals surface area contributed by atoms with E-state index < -0.39 is 0 Å². The highest BCUT2D eigenvalue weighted by atomic mass is 16.7. The summed E-state index contributed by atoms with van der Waals surface area (Å²) in [6, 6.07) is 15.8. The molecule has 3 aliphatic rings. The van der Waals surface area contributed by atoms with E-state index in [0.717, 1.165) is 49.6 Å². The van der Waals surface area contributed by atoms with E-state index in [9.17, 15) is 9.59 Å². The van der Waals surface area contributed by atoms with Crippen molar-refractivity contribution in [3.8, 4) is 5.75 Å². The average molecular weight is 434 g/mol. The summed E-state index contributed by atoms with van der Waals surface area (Å²) in [4.78, 5) is 36.6. The Labute approximate surface area is 189 Å². The van der Waals surface area contributed by atoms with Crippen molar-refractivity contribution in [3.63, 3.8) is 0 Å². The number of fused-ring (bicyclic) bond motifs is 1. The fourth-order valence-corrected chi connectivity index (χ4v) is 5.10. The van der Waals surface area contributed by atoms with Gasteiger partial charge in [-0.3, -0.25) is 14.5 Å². The van der Waals surface area contributed by atoms with Crippen LogP contribution in [-0.4, -0.2) is 64.9 Å². The quantitative estimate of drug-likeness (QED) is 0.651. The molecule has 0 N–H and O–H groups in total. The van der Waals surface area contributed by atoms with Crippen LogP contribution in [0.5, 0.6) is 5.75 Å². The standard InChI is InChI=1S/C26H31N3O3/c1-2-29(25(30)19-7-4-3-5-8-19)32-23-11-12-24-20(17-23)13-16-28(26(24)31)22-14-15-27(18-22)21-9-6-10-21/h3-5,7-8,11-12,17,21-22H,2,6,9-10,13-16,18H2,1H3/t22-/m1/s1. The molecule has 2 heterocycles. The number of amides is 2. The van der Waals surface area contributed by atoms with E-state index in [1.807, 2.05) is 37.3 Å². The molecule has 0 spiro atoms. The molecule has 1 saturated carbocycles. The minimum atomic E-state index is -0.176. The minimum Gasteiger partial charge on any atom is -0.377 e. The molecule has 0 aromatic heterocycles. The lowest BCUT2D eigenvalue weighted by atomic mass is 9.92. The highest BCUT2D eigenvalue weighted by Gasteiger charge is 2.37. The van der Waals surface area contributed by atoms with Crippen molar-refractivity contribution in [1.29, 1.82) is 0 Å². The second-order valence-electron chi connectivity index (χ2n) is 9.05. The van der Waals surface area contributed by atoms with Crippen LogP contribution in [0.3, 0.4) is 0 Å². The van der Waals surface area contributed by atoms with E-state index in [1.165, 1.54) is 24.3 Å². The van der Waals surface area contributed by atoms with Crippen molar-refractivity contribution in [2.75, 3.05) is 26.2 Å². The van der Waals surface area contributed by atoms with Gasteiger partial charge >= 0.3 is 0 Å². The number of carbonyl (C=O) groups is 2. The Morgan fingerprint density at radius 2 is 1.88 bits per heavy atom. The first-order chi connectivity index (χ1) is 15.6. The van der Waals surface area contributed by atoms with Crippen molar-refractivity contribution < 1.29 is 14.4 Å². The summed E-state index contributed by atoms with van der Waals surface area (Å²) in [6.07, 6.45) is 5.86. The number of carbonyl (C=O) groups excluding carboxylic acids is 2. The molecule has 0 radical (unpaired) electrons. The van der Waals surface area contributed by atoms with Gasteiger partial charge in [0.2, 0.25) is 0 Å².